The standard InChI is InChI=1S/C43H48ClN3O6Si/c1-29-41(54(3,4)35-18-16-34(52-2)17-19-35)38(26-40(50)45(22-23-48)27-30-10-6-5-7-11-30)53-43(29)36-25-32(44)15-20-37(36)47(42(43)51)28-31-12-8-13-33(24-31)46-21-9-14-39(46)49/h5-8,10-13,15-20,24-25,29,38,41,48H,9,14,21-23,26-28H2,1-4H3/t29-,38+,41-,43+/m1/s1. The average Bonchev–Trinajstić information content (AvgIpc) is 3.80. The maximum absolute atomic E-state index is 15.3. The Morgan fingerprint density at radius 2 is 1.74 bits per heavy atom. The molecule has 0 bridgehead atoms. The highest BCUT2D eigenvalue weighted by Crippen LogP contribution is 2.60. The molecule has 1 N–H and O–H groups in total. The molecule has 9 nitrogen and oxygen atoms in total. The van der Waals surface area contributed by atoms with E-state index in [-0.39, 0.29) is 55.3 Å². The number of aliphatic hydroxyl groups excluding tert-OH is 1. The predicted octanol–water partition coefficient (Wildman–Crippen LogP) is 6.65. The van der Waals surface area contributed by atoms with Gasteiger partial charge in [0, 0.05) is 48.2 Å². The van der Waals surface area contributed by atoms with Gasteiger partial charge >= 0.3 is 0 Å². The summed E-state index contributed by atoms with van der Waals surface area (Å²) in [5.74, 6) is 0.196. The van der Waals surface area contributed by atoms with E-state index < -0.39 is 19.8 Å². The fraction of sp³-hybridized carbons (Fsp3) is 0.372. The van der Waals surface area contributed by atoms with Crippen molar-refractivity contribution in [3.05, 3.63) is 119 Å². The Bertz CT molecular complexity index is 2030. The van der Waals surface area contributed by atoms with Crippen LogP contribution in [-0.2, 0) is 37.8 Å². The monoisotopic (exact) mass is 765 g/mol. The molecular weight excluding hydrogens is 718 g/mol. The second kappa shape index (κ2) is 15.3. The third-order valence-electron chi connectivity index (χ3n) is 11.7. The number of halogens is 1. The summed E-state index contributed by atoms with van der Waals surface area (Å²) in [5, 5.41) is 11.7. The largest absolute Gasteiger partial charge is 0.497 e. The Morgan fingerprint density at radius 3 is 2.43 bits per heavy atom. The summed E-state index contributed by atoms with van der Waals surface area (Å²) >= 11 is 6.71. The maximum Gasteiger partial charge on any atom is 0.264 e. The molecule has 7 rings (SSSR count). The van der Waals surface area contributed by atoms with Crippen LogP contribution in [0.15, 0.2) is 97.1 Å². The smallest absolute Gasteiger partial charge is 0.264 e. The molecule has 2 fully saturated rings. The molecule has 11 heteroatoms. The lowest BCUT2D eigenvalue weighted by atomic mass is 9.82. The van der Waals surface area contributed by atoms with Gasteiger partial charge in [0.15, 0.2) is 5.60 Å². The van der Waals surface area contributed by atoms with E-state index in [0.717, 1.165) is 39.9 Å². The number of nitrogens with zero attached hydrogens (tertiary/aromatic N) is 3. The van der Waals surface area contributed by atoms with Crippen LogP contribution in [-0.4, -0.2) is 68.7 Å². The van der Waals surface area contributed by atoms with E-state index in [1.807, 2.05) is 83.8 Å². The minimum Gasteiger partial charge on any atom is -0.497 e. The van der Waals surface area contributed by atoms with Crippen molar-refractivity contribution in [1.29, 1.82) is 0 Å². The highest BCUT2D eigenvalue weighted by atomic mass is 35.5. The minimum absolute atomic E-state index is 0.0469. The van der Waals surface area contributed by atoms with E-state index in [1.54, 1.807) is 23.0 Å². The van der Waals surface area contributed by atoms with Crippen molar-refractivity contribution in [3.63, 3.8) is 0 Å². The number of hydrogen-bond acceptors (Lipinski definition) is 6. The first-order valence-corrected chi connectivity index (χ1v) is 22.2. The molecule has 0 radical (unpaired) electrons. The normalized spacial score (nSPS) is 22.3. The number of amides is 3. The molecule has 1 spiro atoms. The lowest BCUT2D eigenvalue weighted by Gasteiger charge is -2.37. The van der Waals surface area contributed by atoms with Crippen molar-refractivity contribution < 1.29 is 29.0 Å². The lowest BCUT2D eigenvalue weighted by Crippen LogP contribution is -2.52. The van der Waals surface area contributed by atoms with E-state index in [2.05, 4.69) is 32.2 Å². The van der Waals surface area contributed by atoms with Crippen LogP contribution in [0.4, 0.5) is 11.4 Å². The van der Waals surface area contributed by atoms with Gasteiger partial charge in [0.25, 0.3) is 5.91 Å². The molecule has 3 amide bonds. The van der Waals surface area contributed by atoms with E-state index in [4.69, 9.17) is 21.1 Å². The number of methoxy groups -OCH3 is 1. The van der Waals surface area contributed by atoms with Crippen LogP contribution in [0.5, 0.6) is 5.75 Å². The fourth-order valence-electron chi connectivity index (χ4n) is 9.09. The quantitative estimate of drug-likeness (QED) is 0.162. The number of benzene rings is 4. The summed E-state index contributed by atoms with van der Waals surface area (Å²) in [5.41, 5.74) is 2.55. The summed E-state index contributed by atoms with van der Waals surface area (Å²) in [6.07, 6.45) is 0.801. The number of aliphatic hydroxyl groups is 1. The molecule has 4 atom stereocenters. The lowest BCUT2D eigenvalue weighted by molar-refractivity contribution is -0.150. The molecule has 4 aromatic rings. The van der Waals surface area contributed by atoms with E-state index in [9.17, 15) is 14.7 Å². The Kier molecular flexibility index (Phi) is 10.7. The molecule has 4 aromatic carbocycles. The van der Waals surface area contributed by atoms with Gasteiger partial charge in [-0.1, -0.05) is 91.4 Å². The number of carbonyl (C=O) groups excluding carboxylic acids is 3. The highest BCUT2D eigenvalue weighted by molar-refractivity contribution is 6.91. The minimum atomic E-state index is -2.53. The van der Waals surface area contributed by atoms with Crippen molar-refractivity contribution in [2.45, 2.75) is 69.6 Å². The molecule has 0 aliphatic carbocycles. The van der Waals surface area contributed by atoms with E-state index in [1.165, 1.54) is 0 Å². The first kappa shape index (κ1) is 37.8. The average molecular weight is 766 g/mol. The van der Waals surface area contributed by atoms with Crippen molar-refractivity contribution >= 4 is 54.0 Å². The molecule has 0 aromatic heterocycles. The van der Waals surface area contributed by atoms with Gasteiger partial charge in [-0.05, 0) is 65.6 Å². The van der Waals surface area contributed by atoms with Gasteiger partial charge < -0.3 is 29.3 Å². The molecule has 3 aliphatic heterocycles. The number of anilines is 2. The summed E-state index contributed by atoms with van der Waals surface area (Å²) in [6, 6.07) is 31.2. The molecule has 3 aliphatic rings. The first-order chi connectivity index (χ1) is 26.0. The first-order valence-electron chi connectivity index (χ1n) is 18.7. The second-order valence-electron chi connectivity index (χ2n) is 15.3. The van der Waals surface area contributed by atoms with Crippen LogP contribution in [0.3, 0.4) is 0 Å². The van der Waals surface area contributed by atoms with Gasteiger partial charge in [-0.15, -0.1) is 0 Å². The van der Waals surface area contributed by atoms with Gasteiger partial charge in [-0.2, -0.15) is 0 Å². The van der Waals surface area contributed by atoms with Crippen molar-refractivity contribution in [1.82, 2.24) is 4.90 Å². The van der Waals surface area contributed by atoms with Gasteiger partial charge in [0.2, 0.25) is 11.8 Å². The number of ether oxygens (including phenoxy) is 2. The van der Waals surface area contributed by atoms with Gasteiger partial charge in [-0.3, -0.25) is 14.4 Å². The van der Waals surface area contributed by atoms with Gasteiger partial charge in [0.05, 0.1) is 46.5 Å². The van der Waals surface area contributed by atoms with Crippen LogP contribution in [0.1, 0.15) is 42.9 Å². The van der Waals surface area contributed by atoms with Crippen LogP contribution in [0, 0.1) is 5.92 Å². The summed E-state index contributed by atoms with van der Waals surface area (Å²) in [6.45, 7) is 7.97. The molecular formula is C43H48ClN3O6Si. The summed E-state index contributed by atoms with van der Waals surface area (Å²) < 4.78 is 12.7. The van der Waals surface area contributed by atoms with Crippen LogP contribution < -0.4 is 19.7 Å². The molecule has 3 heterocycles. The van der Waals surface area contributed by atoms with Crippen molar-refractivity contribution in [3.8, 4) is 5.75 Å². The highest BCUT2D eigenvalue weighted by Gasteiger charge is 2.66. The van der Waals surface area contributed by atoms with Crippen LogP contribution in [0.25, 0.3) is 0 Å². The Labute approximate surface area is 323 Å². The van der Waals surface area contributed by atoms with E-state index >= 15 is 4.79 Å². The van der Waals surface area contributed by atoms with Crippen LogP contribution in [0.2, 0.25) is 23.7 Å². The predicted molar refractivity (Wildman–Crippen MR) is 214 cm³/mol. The van der Waals surface area contributed by atoms with Crippen molar-refractivity contribution in [2.24, 2.45) is 5.92 Å². The van der Waals surface area contributed by atoms with Crippen LogP contribution >= 0.6 is 11.6 Å². The number of carbonyl (C=O) groups is 3. The number of rotatable bonds is 12. The SMILES string of the molecule is COc1ccc([Si](C)(C)[C@H]2[C@H](CC(=O)N(CCO)Cc3ccccc3)O[C@@]3(C(=O)N(Cc4cccc(N5CCCC5=O)c4)c4ccc(Cl)cc43)[C@@H]2C)cc1. The van der Waals surface area contributed by atoms with E-state index in [0.29, 0.717) is 30.1 Å². The second-order valence-corrected chi connectivity index (χ2v) is 20.4. The maximum atomic E-state index is 15.3. The Hall–Kier alpha value is -4.48. The third kappa shape index (κ3) is 6.85. The summed E-state index contributed by atoms with van der Waals surface area (Å²) in [7, 11) is -0.883. The molecule has 0 saturated carbocycles. The molecule has 282 valence electrons. The topological polar surface area (TPSA) is 99.6 Å². The number of fused-ring (bicyclic) bond motifs is 2. The zero-order chi connectivity index (χ0) is 38.2. The van der Waals surface area contributed by atoms with Gasteiger partial charge in [0.1, 0.15) is 5.75 Å². The molecule has 54 heavy (non-hydrogen) atoms. The Morgan fingerprint density at radius 1 is 1.00 bits per heavy atom. The molecule has 2 saturated heterocycles. The molecule has 0 unspecified atom stereocenters. The van der Waals surface area contributed by atoms with Gasteiger partial charge in [-0.25, -0.2) is 0 Å². The zero-order valence-electron chi connectivity index (χ0n) is 31.3. The summed E-state index contributed by atoms with van der Waals surface area (Å²) in [4.78, 5) is 47.5. The third-order valence-corrected chi connectivity index (χ3v) is 16.3. The Balaban J connectivity index is 1.28. The fourth-order valence-corrected chi connectivity index (χ4v) is 13.3. The number of hydrogen-bond donors (Lipinski definition) is 1. The zero-order valence-corrected chi connectivity index (χ0v) is 33.1. The van der Waals surface area contributed by atoms with Crippen molar-refractivity contribution in [2.75, 3.05) is 36.6 Å².